The van der Waals surface area contributed by atoms with Crippen LogP contribution in [0.2, 0.25) is 0 Å². The predicted molar refractivity (Wildman–Crippen MR) is 79.7 cm³/mol. The van der Waals surface area contributed by atoms with E-state index in [1.54, 1.807) is 24.3 Å². The predicted octanol–water partition coefficient (Wildman–Crippen LogP) is 4.10. The Morgan fingerprint density at radius 1 is 1.16 bits per heavy atom. The summed E-state index contributed by atoms with van der Waals surface area (Å²) < 4.78 is 6.19. The van der Waals surface area contributed by atoms with Gasteiger partial charge in [0.2, 0.25) is 0 Å². The minimum absolute atomic E-state index is 0.144. The summed E-state index contributed by atoms with van der Waals surface area (Å²) in [7, 11) is 0. The van der Waals surface area contributed by atoms with Gasteiger partial charge in [0, 0.05) is 10.0 Å². The third kappa shape index (κ3) is 3.58. The van der Waals surface area contributed by atoms with Gasteiger partial charge in [0.25, 0.3) is 5.91 Å². The van der Waals surface area contributed by atoms with Crippen LogP contribution < -0.4 is 10.1 Å². The van der Waals surface area contributed by atoms with Gasteiger partial charge in [0.1, 0.15) is 5.75 Å². The summed E-state index contributed by atoms with van der Waals surface area (Å²) in [4.78, 5) is 12.1. The van der Waals surface area contributed by atoms with Crippen molar-refractivity contribution in [1.82, 2.24) is 0 Å². The third-order valence-electron chi connectivity index (χ3n) is 2.55. The first-order valence-corrected chi connectivity index (χ1v) is 6.78. The fraction of sp³-hybridized carbons (Fsp3) is 0.133. The van der Waals surface area contributed by atoms with E-state index in [1.165, 1.54) is 0 Å². The van der Waals surface area contributed by atoms with Crippen LogP contribution in [-0.4, -0.2) is 12.5 Å². The molecule has 19 heavy (non-hydrogen) atoms. The summed E-state index contributed by atoms with van der Waals surface area (Å²) in [6.07, 6.45) is 0. The van der Waals surface area contributed by atoms with E-state index in [0.717, 1.165) is 15.9 Å². The summed E-state index contributed by atoms with van der Waals surface area (Å²) >= 11 is 3.39. The van der Waals surface area contributed by atoms with Crippen LogP contribution in [0, 0.1) is 0 Å². The third-order valence-corrected chi connectivity index (χ3v) is 3.24. The number of nitrogens with one attached hydrogen (secondary N) is 1. The maximum atomic E-state index is 12.1. The monoisotopic (exact) mass is 319 g/mol. The highest BCUT2D eigenvalue weighted by molar-refractivity contribution is 9.10. The SMILES string of the molecule is CCOc1ccc(C(=O)Nc2ccccc2Br)cc1. The van der Waals surface area contributed by atoms with Crippen molar-refractivity contribution in [2.45, 2.75) is 6.92 Å². The molecule has 2 aromatic rings. The van der Waals surface area contributed by atoms with E-state index >= 15 is 0 Å². The molecule has 0 aliphatic carbocycles. The van der Waals surface area contributed by atoms with Gasteiger partial charge >= 0.3 is 0 Å². The molecule has 0 radical (unpaired) electrons. The zero-order chi connectivity index (χ0) is 13.7. The normalized spacial score (nSPS) is 10.0. The Morgan fingerprint density at radius 2 is 1.84 bits per heavy atom. The zero-order valence-corrected chi connectivity index (χ0v) is 12.1. The fourth-order valence-electron chi connectivity index (χ4n) is 1.63. The van der Waals surface area contributed by atoms with Crippen molar-refractivity contribution >= 4 is 27.5 Å². The Kier molecular flexibility index (Phi) is 4.58. The number of hydrogen-bond donors (Lipinski definition) is 1. The van der Waals surface area contributed by atoms with Crippen molar-refractivity contribution in [2.75, 3.05) is 11.9 Å². The molecule has 2 aromatic carbocycles. The number of carbonyl (C=O) groups is 1. The topological polar surface area (TPSA) is 38.3 Å². The lowest BCUT2D eigenvalue weighted by Gasteiger charge is -2.08. The van der Waals surface area contributed by atoms with Crippen molar-refractivity contribution < 1.29 is 9.53 Å². The highest BCUT2D eigenvalue weighted by Gasteiger charge is 2.07. The van der Waals surface area contributed by atoms with Crippen LogP contribution in [0.1, 0.15) is 17.3 Å². The first-order valence-electron chi connectivity index (χ1n) is 5.99. The Morgan fingerprint density at radius 3 is 2.47 bits per heavy atom. The lowest BCUT2D eigenvalue weighted by molar-refractivity contribution is 0.102. The standard InChI is InChI=1S/C15H14BrNO2/c1-2-19-12-9-7-11(8-10-12)15(18)17-14-6-4-3-5-13(14)16/h3-10H,2H2,1H3,(H,17,18). The van der Waals surface area contributed by atoms with Gasteiger partial charge in [-0.1, -0.05) is 12.1 Å². The van der Waals surface area contributed by atoms with Crippen LogP contribution >= 0.6 is 15.9 Å². The number of benzene rings is 2. The molecule has 0 aromatic heterocycles. The van der Waals surface area contributed by atoms with Gasteiger partial charge in [0.05, 0.1) is 12.3 Å². The number of halogens is 1. The Balaban J connectivity index is 2.10. The number of ether oxygens (including phenoxy) is 1. The van der Waals surface area contributed by atoms with Crippen molar-refractivity contribution in [2.24, 2.45) is 0 Å². The molecule has 0 aliphatic rings. The van der Waals surface area contributed by atoms with E-state index in [-0.39, 0.29) is 5.91 Å². The molecular weight excluding hydrogens is 306 g/mol. The molecule has 1 N–H and O–H groups in total. The summed E-state index contributed by atoms with van der Waals surface area (Å²) in [5, 5.41) is 2.85. The summed E-state index contributed by atoms with van der Waals surface area (Å²) in [5.74, 6) is 0.620. The number of anilines is 1. The highest BCUT2D eigenvalue weighted by Crippen LogP contribution is 2.22. The second kappa shape index (κ2) is 6.38. The van der Waals surface area contributed by atoms with Gasteiger partial charge in [0.15, 0.2) is 0 Å². The minimum Gasteiger partial charge on any atom is -0.494 e. The molecule has 0 spiro atoms. The van der Waals surface area contributed by atoms with Crippen molar-refractivity contribution in [1.29, 1.82) is 0 Å². The zero-order valence-electron chi connectivity index (χ0n) is 10.5. The summed E-state index contributed by atoms with van der Waals surface area (Å²) in [6, 6.07) is 14.6. The lowest BCUT2D eigenvalue weighted by Crippen LogP contribution is -2.12. The molecule has 0 atom stereocenters. The first-order chi connectivity index (χ1) is 9.20. The van der Waals surface area contributed by atoms with E-state index in [0.29, 0.717) is 12.2 Å². The maximum absolute atomic E-state index is 12.1. The number of carbonyl (C=O) groups excluding carboxylic acids is 1. The second-order valence-electron chi connectivity index (χ2n) is 3.89. The average Bonchev–Trinajstić information content (AvgIpc) is 2.42. The molecule has 0 bridgehead atoms. The first kappa shape index (κ1) is 13.6. The van der Waals surface area contributed by atoms with Crippen LogP contribution in [0.5, 0.6) is 5.75 Å². The van der Waals surface area contributed by atoms with E-state index in [1.807, 2.05) is 31.2 Å². The lowest BCUT2D eigenvalue weighted by atomic mass is 10.2. The number of para-hydroxylation sites is 1. The van der Waals surface area contributed by atoms with Crippen LogP contribution in [0.15, 0.2) is 53.0 Å². The quantitative estimate of drug-likeness (QED) is 0.921. The van der Waals surface area contributed by atoms with Gasteiger partial charge in [-0.2, -0.15) is 0 Å². The Labute approximate surface area is 120 Å². The highest BCUT2D eigenvalue weighted by atomic mass is 79.9. The van der Waals surface area contributed by atoms with Gasteiger partial charge in [-0.05, 0) is 59.3 Å². The molecule has 0 aliphatic heterocycles. The molecule has 1 amide bonds. The van der Waals surface area contributed by atoms with Gasteiger partial charge in [-0.25, -0.2) is 0 Å². The second-order valence-corrected chi connectivity index (χ2v) is 4.75. The molecule has 3 nitrogen and oxygen atoms in total. The molecule has 0 saturated carbocycles. The Bertz CT molecular complexity index is 567. The van der Waals surface area contributed by atoms with Crippen molar-refractivity contribution in [3.63, 3.8) is 0 Å². The van der Waals surface area contributed by atoms with E-state index in [2.05, 4.69) is 21.2 Å². The number of amides is 1. The fourth-order valence-corrected chi connectivity index (χ4v) is 2.01. The molecule has 98 valence electrons. The summed E-state index contributed by atoms with van der Waals surface area (Å²) in [5.41, 5.74) is 1.35. The van der Waals surface area contributed by atoms with Gasteiger partial charge in [-0.3, -0.25) is 4.79 Å². The van der Waals surface area contributed by atoms with Crippen LogP contribution in [0.3, 0.4) is 0 Å². The van der Waals surface area contributed by atoms with Crippen molar-refractivity contribution in [3.8, 4) is 5.75 Å². The molecule has 0 heterocycles. The molecule has 0 unspecified atom stereocenters. The molecular formula is C15H14BrNO2. The van der Waals surface area contributed by atoms with E-state index < -0.39 is 0 Å². The molecule has 2 rings (SSSR count). The maximum Gasteiger partial charge on any atom is 0.255 e. The van der Waals surface area contributed by atoms with E-state index in [9.17, 15) is 4.79 Å². The van der Waals surface area contributed by atoms with E-state index in [4.69, 9.17) is 4.74 Å². The minimum atomic E-state index is -0.144. The molecule has 4 heteroatoms. The molecule has 0 fully saturated rings. The number of hydrogen-bond acceptors (Lipinski definition) is 2. The van der Waals surface area contributed by atoms with Crippen molar-refractivity contribution in [3.05, 3.63) is 58.6 Å². The van der Waals surface area contributed by atoms with Gasteiger partial charge in [-0.15, -0.1) is 0 Å². The number of rotatable bonds is 4. The smallest absolute Gasteiger partial charge is 0.255 e. The molecule has 0 saturated heterocycles. The van der Waals surface area contributed by atoms with Crippen LogP contribution in [0.4, 0.5) is 5.69 Å². The summed E-state index contributed by atoms with van der Waals surface area (Å²) in [6.45, 7) is 2.54. The average molecular weight is 320 g/mol. The van der Waals surface area contributed by atoms with Gasteiger partial charge < -0.3 is 10.1 Å². The van der Waals surface area contributed by atoms with Crippen LogP contribution in [0.25, 0.3) is 0 Å². The largest absolute Gasteiger partial charge is 0.494 e. The van der Waals surface area contributed by atoms with Crippen LogP contribution in [-0.2, 0) is 0 Å². The Hall–Kier alpha value is -1.81.